The number of hydrogen-bond acceptors (Lipinski definition) is 5. The van der Waals surface area contributed by atoms with Crippen molar-refractivity contribution in [2.24, 2.45) is 0 Å². The molecule has 0 radical (unpaired) electrons. The SMILES string of the molecule is c1ccc(-c2ccc3c4ccccc4n(-c4ccc(-c5nc(-c6ccccc6)cc(-c6ccccc6)n5)cc4-c4nc(-c5ccccc5)nc(-c5ccccc5)n4)c3c2)cc1. The highest BCUT2D eigenvalue weighted by Crippen LogP contribution is 2.40. The van der Waals surface area contributed by atoms with Crippen LogP contribution < -0.4 is 0 Å². The van der Waals surface area contributed by atoms with Gasteiger partial charge in [0, 0.05) is 44.2 Å². The maximum absolute atomic E-state index is 5.28. The fraction of sp³-hybridized carbons (Fsp3) is 0. The minimum Gasteiger partial charge on any atom is -0.308 e. The summed E-state index contributed by atoms with van der Waals surface area (Å²) in [6.45, 7) is 0. The molecule has 0 aliphatic carbocycles. The van der Waals surface area contributed by atoms with E-state index < -0.39 is 0 Å². The van der Waals surface area contributed by atoms with E-state index in [1.165, 1.54) is 0 Å². The fourth-order valence-corrected chi connectivity index (χ4v) is 8.11. The average Bonchev–Trinajstić information content (AvgIpc) is 3.68. The van der Waals surface area contributed by atoms with Crippen LogP contribution in [0.5, 0.6) is 0 Å². The van der Waals surface area contributed by atoms with Gasteiger partial charge in [0.25, 0.3) is 0 Å². The first-order chi connectivity index (χ1) is 30.2. The third kappa shape index (κ3) is 6.82. The largest absolute Gasteiger partial charge is 0.308 e. The monoisotopic (exact) mass is 780 g/mol. The molecule has 6 heteroatoms. The van der Waals surface area contributed by atoms with Gasteiger partial charge in [0.1, 0.15) is 0 Å². The summed E-state index contributed by atoms with van der Waals surface area (Å²) >= 11 is 0. The van der Waals surface area contributed by atoms with Crippen molar-refractivity contribution < 1.29 is 0 Å². The maximum atomic E-state index is 5.28. The van der Waals surface area contributed by atoms with Gasteiger partial charge in [-0.25, -0.2) is 24.9 Å². The van der Waals surface area contributed by atoms with Gasteiger partial charge in [-0.2, -0.15) is 0 Å². The molecule has 0 spiro atoms. The van der Waals surface area contributed by atoms with Gasteiger partial charge in [-0.15, -0.1) is 0 Å². The Hall–Kier alpha value is -8.35. The van der Waals surface area contributed by atoms with Gasteiger partial charge in [0.2, 0.25) is 0 Å². The number of rotatable bonds is 8. The van der Waals surface area contributed by atoms with E-state index in [9.17, 15) is 0 Å². The minimum atomic E-state index is 0.539. The van der Waals surface area contributed by atoms with E-state index in [2.05, 4.69) is 126 Å². The molecule has 0 fully saturated rings. The quantitative estimate of drug-likeness (QED) is 0.154. The van der Waals surface area contributed by atoms with Gasteiger partial charge in [0.15, 0.2) is 23.3 Å². The summed E-state index contributed by atoms with van der Waals surface area (Å²) in [5.74, 6) is 2.31. The Labute approximate surface area is 353 Å². The fourth-order valence-electron chi connectivity index (χ4n) is 8.11. The second-order valence-corrected chi connectivity index (χ2v) is 14.9. The van der Waals surface area contributed by atoms with E-state index in [4.69, 9.17) is 24.9 Å². The van der Waals surface area contributed by atoms with E-state index in [-0.39, 0.29) is 0 Å². The molecule has 0 aliphatic rings. The molecule has 3 aromatic heterocycles. The predicted molar refractivity (Wildman–Crippen MR) is 248 cm³/mol. The first-order valence-corrected chi connectivity index (χ1v) is 20.3. The number of nitrogens with zero attached hydrogens (tertiary/aromatic N) is 6. The van der Waals surface area contributed by atoms with E-state index in [1.807, 2.05) is 97.1 Å². The topological polar surface area (TPSA) is 69.4 Å². The van der Waals surface area contributed by atoms with Crippen molar-refractivity contribution in [3.63, 3.8) is 0 Å². The molecule has 0 amide bonds. The lowest BCUT2D eigenvalue weighted by Crippen LogP contribution is -2.04. The summed E-state index contributed by atoms with van der Waals surface area (Å²) < 4.78 is 2.35. The first kappa shape index (κ1) is 35.8. The minimum absolute atomic E-state index is 0.539. The third-order valence-electron chi connectivity index (χ3n) is 11.1. The van der Waals surface area contributed by atoms with Crippen molar-refractivity contribution >= 4 is 21.8 Å². The Morgan fingerprint density at radius 1 is 0.262 bits per heavy atom. The summed E-state index contributed by atoms with van der Waals surface area (Å²) in [5, 5.41) is 2.31. The average molecular weight is 781 g/mol. The van der Waals surface area contributed by atoms with Crippen LogP contribution in [-0.4, -0.2) is 29.5 Å². The zero-order valence-corrected chi connectivity index (χ0v) is 33.0. The molecule has 11 aromatic rings. The molecule has 61 heavy (non-hydrogen) atoms. The van der Waals surface area contributed by atoms with Gasteiger partial charge in [-0.05, 0) is 47.5 Å². The highest BCUT2D eigenvalue weighted by Gasteiger charge is 2.22. The summed E-state index contributed by atoms with van der Waals surface area (Å²) in [7, 11) is 0. The normalized spacial score (nSPS) is 11.3. The second-order valence-electron chi connectivity index (χ2n) is 14.9. The van der Waals surface area contributed by atoms with Crippen molar-refractivity contribution in [1.29, 1.82) is 0 Å². The van der Waals surface area contributed by atoms with Crippen LogP contribution in [0.1, 0.15) is 0 Å². The molecule has 8 aromatic carbocycles. The van der Waals surface area contributed by atoms with Crippen LogP contribution in [0.4, 0.5) is 0 Å². The Kier molecular flexibility index (Phi) is 9.06. The van der Waals surface area contributed by atoms with E-state index in [0.717, 1.165) is 83.4 Å². The molecular weight excluding hydrogens is 745 g/mol. The van der Waals surface area contributed by atoms with Crippen LogP contribution in [-0.2, 0) is 0 Å². The summed E-state index contributed by atoms with van der Waals surface area (Å²) in [5.41, 5.74) is 12.5. The van der Waals surface area contributed by atoms with Crippen LogP contribution in [0, 0.1) is 0 Å². The number of para-hydroxylation sites is 1. The molecule has 6 nitrogen and oxygen atoms in total. The number of fused-ring (bicyclic) bond motifs is 3. The third-order valence-corrected chi connectivity index (χ3v) is 11.1. The molecule has 0 N–H and O–H groups in total. The van der Waals surface area contributed by atoms with Crippen molar-refractivity contribution in [3.8, 4) is 84.9 Å². The zero-order chi connectivity index (χ0) is 40.5. The second kappa shape index (κ2) is 15.4. The molecule has 0 bridgehead atoms. The van der Waals surface area contributed by atoms with Gasteiger partial charge < -0.3 is 4.57 Å². The Bertz CT molecular complexity index is 3220. The van der Waals surface area contributed by atoms with Crippen molar-refractivity contribution in [2.75, 3.05) is 0 Å². The molecule has 0 atom stereocenters. The summed E-state index contributed by atoms with van der Waals surface area (Å²) in [6.07, 6.45) is 0. The van der Waals surface area contributed by atoms with Crippen molar-refractivity contribution in [1.82, 2.24) is 29.5 Å². The lowest BCUT2D eigenvalue weighted by Gasteiger charge is -2.17. The van der Waals surface area contributed by atoms with Gasteiger partial charge >= 0.3 is 0 Å². The maximum Gasteiger partial charge on any atom is 0.166 e. The Balaban J connectivity index is 1.21. The molecule has 0 aliphatic heterocycles. The molecule has 0 saturated heterocycles. The molecule has 3 heterocycles. The van der Waals surface area contributed by atoms with E-state index in [1.54, 1.807) is 0 Å². The Morgan fingerprint density at radius 2 is 0.705 bits per heavy atom. The lowest BCUT2D eigenvalue weighted by atomic mass is 10.0. The highest BCUT2D eigenvalue weighted by molar-refractivity contribution is 6.10. The van der Waals surface area contributed by atoms with Crippen LogP contribution >= 0.6 is 0 Å². The van der Waals surface area contributed by atoms with Gasteiger partial charge in [0.05, 0.1) is 28.1 Å². The van der Waals surface area contributed by atoms with Crippen molar-refractivity contribution in [3.05, 3.63) is 218 Å². The molecule has 11 rings (SSSR count). The molecule has 0 unspecified atom stereocenters. The highest BCUT2D eigenvalue weighted by atomic mass is 15.1. The molecule has 286 valence electrons. The molecule has 0 saturated carbocycles. The summed E-state index contributed by atoms with van der Waals surface area (Å²) in [6, 6.07) is 75.1. The van der Waals surface area contributed by atoms with Crippen LogP contribution in [0.25, 0.3) is 107 Å². The standard InChI is InChI=1S/C55H36N6/c1-6-18-37(19-7-1)42-30-32-45-44-28-16-17-29-49(44)61(51(45)35-42)50-33-31-43(54-56-47(38-20-8-2-9-21-38)36-48(57-54)39-22-10-3-11-23-39)34-46(50)55-59-52(40-24-12-4-13-25-40)58-53(60-55)41-26-14-5-15-27-41/h1-36H. The van der Waals surface area contributed by atoms with Crippen molar-refractivity contribution in [2.45, 2.75) is 0 Å². The van der Waals surface area contributed by atoms with Gasteiger partial charge in [-0.3, -0.25) is 0 Å². The van der Waals surface area contributed by atoms with E-state index >= 15 is 0 Å². The molecular formula is C55H36N6. The Morgan fingerprint density at radius 3 is 1.28 bits per heavy atom. The van der Waals surface area contributed by atoms with E-state index in [0.29, 0.717) is 23.3 Å². The lowest BCUT2D eigenvalue weighted by molar-refractivity contribution is 1.06. The van der Waals surface area contributed by atoms with Crippen LogP contribution in [0.15, 0.2) is 218 Å². The smallest absolute Gasteiger partial charge is 0.166 e. The number of benzene rings is 8. The zero-order valence-electron chi connectivity index (χ0n) is 33.0. The number of hydrogen-bond donors (Lipinski definition) is 0. The summed E-state index contributed by atoms with van der Waals surface area (Å²) in [4.78, 5) is 26.1. The predicted octanol–water partition coefficient (Wildman–Crippen LogP) is 13.4. The first-order valence-electron chi connectivity index (χ1n) is 20.3. The van der Waals surface area contributed by atoms with Crippen LogP contribution in [0.2, 0.25) is 0 Å². The van der Waals surface area contributed by atoms with Crippen LogP contribution in [0.3, 0.4) is 0 Å². The number of aromatic nitrogens is 6. The van der Waals surface area contributed by atoms with Gasteiger partial charge in [-0.1, -0.05) is 182 Å².